The molecule has 0 saturated carbocycles. The molecule has 3 aromatic rings. The van der Waals surface area contributed by atoms with Crippen molar-refractivity contribution in [2.75, 3.05) is 14.2 Å². The van der Waals surface area contributed by atoms with Crippen LogP contribution in [0.4, 0.5) is 0 Å². The molecule has 1 aromatic heterocycles. The zero-order chi connectivity index (χ0) is 21.2. The summed E-state index contributed by atoms with van der Waals surface area (Å²) in [6.45, 7) is 3.94. The van der Waals surface area contributed by atoms with E-state index in [2.05, 4.69) is 6.58 Å². The van der Waals surface area contributed by atoms with E-state index in [0.717, 1.165) is 10.4 Å². The summed E-state index contributed by atoms with van der Waals surface area (Å²) in [6.07, 6.45) is 0. The number of hydrogen-bond acceptors (Lipinski definition) is 6. The molecule has 0 aliphatic rings. The summed E-state index contributed by atoms with van der Waals surface area (Å²) in [5, 5.41) is 9.04. The first-order chi connectivity index (χ1) is 13.8. The molecule has 6 nitrogen and oxygen atoms in total. The van der Waals surface area contributed by atoms with Gasteiger partial charge >= 0.3 is 0 Å². The lowest BCUT2D eigenvalue weighted by Crippen LogP contribution is -2.06. The monoisotopic (exact) mass is 428 g/mol. The number of rotatable bonds is 7. The summed E-state index contributed by atoms with van der Waals surface area (Å²) in [4.78, 5) is 13.7. The number of benzene rings is 2. The third-order valence-electron chi connectivity index (χ3n) is 4.33. The summed E-state index contributed by atoms with van der Waals surface area (Å²) < 4.78 is 33.5. The highest BCUT2D eigenvalue weighted by molar-refractivity contribution is 7.88. The van der Waals surface area contributed by atoms with Gasteiger partial charge in [-0.25, -0.2) is 8.42 Å². The number of sulfonamides is 1. The third kappa shape index (κ3) is 4.24. The summed E-state index contributed by atoms with van der Waals surface area (Å²) >= 11 is 1.54. The molecule has 29 heavy (non-hydrogen) atoms. The molecule has 0 bridgehead atoms. The molecule has 0 aliphatic heterocycles. The van der Waals surface area contributed by atoms with Gasteiger partial charge in [0.1, 0.15) is 11.5 Å². The normalized spacial score (nSPS) is 11.1. The van der Waals surface area contributed by atoms with Crippen LogP contribution in [0.5, 0.6) is 11.5 Å². The van der Waals surface area contributed by atoms with Crippen molar-refractivity contribution in [2.24, 2.45) is 0 Å². The maximum atomic E-state index is 12.9. The maximum absolute atomic E-state index is 12.9. The number of ketones is 1. The van der Waals surface area contributed by atoms with Crippen LogP contribution < -0.4 is 14.6 Å². The van der Waals surface area contributed by atoms with Crippen LogP contribution in [-0.4, -0.2) is 28.4 Å². The molecule has 2 aromatic carbocycles. The zero-order valence-electron chi connectivity index (χ0n) is 15.8. The number of nitrogens with one attached hydrogen (secondary N) is 1. The SMILES string of the molecule is C=C(C(=O)c1ccc(S([NH])(=O)=O)cc1)c1cc(-c2cccs2)c(OC)cc1OC. The van der Waals surface area contributed by atoms with Crippen molar-refractivity contribution in [3.05, 3.63) is 71.6 Å². The first kappa shape index (κ1) is 20.8. The van der Waals surface area contributed by atoms with E-state index < -0.39 is 10.0 Å². The fourth-order valence-corrected chi connectivity index (χ4v) is 4.08. The van der Waals surface area contributed by atoms with Crippen LogP contribution >= 0.6 is 11.3 Å². The Balaban J connectivity index is 2.04. The predicted molar refractivity (Wildman–Crippen MR) is 113 cm³/mol. The molecular weight excluding hydrogens is 410 g/mol. The number of thiophene rings is 1. The highest BCUT2D eigenvalue weighted by Crippen LogP contribution is 2.40. The number of carbonyl (C=O) groups excluding carboxylic acids is 1. The summed E-state index contributed by atoms with van der Waals surface area (Å²) in [7, 11) is -1.03. The highest BCUT2D eigenvalue weighted by atomic mass is 32.2. The van der Waals surface area contributed by atoms with Crippen LogP contribution in [0.2, 0.25) is 0 Å². The second-order valence-corrected chi connectivity index (χ2v) is 8.49. The average molecular weight is 429 g/mol. The minimum absolute atomic E-state index is 0.179. The van der Waals surface area contributed by atoms with E-state index in [4.69, 9.17) is 14.6 Å². The van der Waals surface area contributed by atoms with Crippen molar-refractivity contribution in [2.45, 2.75) is 4.90 Å². The van der Waals surface area contributed by atoms with Crippen LogP contribution in [0.3, 0.4) is 0 Å². The first-order valence-electron chi connectivity index (χ1n) is 8.40. The lowest BCUT2D eigenvalue weighted by atomic mass is 9.95. The van der Waals surface area contributed by atoms with Crippen molar-refractivity contribution in [1.29, 1.82) is 0 Å². The molecule has 0 atom stereocenters. The van der Waals surface area contributed by atoms with E-state index >= 15 is 0 Å². The molecule has 0 aliphatic carbocycles. The van der Waals surface area contributed by atoms with Crippen molar-refractivity contribution < 1.29 is 22.7 Å². The van der Waals surface area contributed by atoms with Crippen molar-refractivity contribution in [1.82, 2.24) is 5.14 Å². The molecule has 1 N–H and O–H groups in total. The standard InChI is InChI=1S/C21H18NO5S2/c1-13(21(23)14-6-8-15(9-7-14)29(22,24)25)16-11-17(20-5-4-10-28-20)19(27-3)12-18(16)26-2/h4-12,22H,1H2,2-3H3. The van der Waals surface area contributed by atoms with Crippen LogP contribution in [0.1, 0.15) is 15.9 Å². The van der Waals surface area contributed by atoms with Gasteiger partial charge in [-0.05, 0) is 41.8 Å². The molecule has 0 spiro atoms. The molecule has 0 unspecified atom stereocenters. The van der Waals surface area contributed by atoms with Gasteiger partial charge in [0.05, 0.1) is 19.1 Å². The fourth-order valence-electron chi connectivity index (χ4n) is 2.84. The van der Waals surface area contributed by atoms with Crippen LogP contribution in [0.25, 0.3) is 16.0 Å². The molecule has 8 heteroatoms. The largest absolute Gasteiger partial charge is 0.496 e. The Morgan fingerprint density at radius 2 is 1.69 bits per heavy atom. The lowest BCUT2D eigenvalue weighted by Gasteiger charge is -2.15. The summed E-state index contributed by atoms with van der Waals surface area (Å²) in [5.74, 6) is 0.670. The smallest absolute Gasteiger partial charge is 0.254 e. The molecule has 1 heterocycles. The Bertz CT molecular complexity index is 1160. The minimum atomic E-state index is -4.08. The zero-order valence-corrected chi connectivity index (χ0v) is 17.4. The molecule has 0 fully saturated rings. The Labute approximate surface area is 173 Å². The number of methoxy groups -OCH3 is 2. The minimum Gasteiger partial charge on any atom is -0.496 e. The number of allylic oxidation sites excluding steroid dienone is 1. The molecule has 149 valence electrons. The van der Waals surface area contributed by atoms with Crippen molar-refractivity contribution in [3.8, 4) is 21.9 Å². The number of ether oxygens (including phenoxy) is 2. The van der Waals surface area contributed by atoms with Gasteiger partial charge in [-0.3, -0.25) is 4.79 Å². The molecule has 3 rings (SSSR count). The van der Waals surface area contributed by atoms with E-state index in [1.807, 2.05) is 17.5 Å². The van der Waals surface area contributed by atoms with Crippen LogP contribution in [0.15, 0.2) is 65.4 Å². The van der Waals surface area contributed by atoms with E-state index in [0.29, 0.717) is 17.1 Å². The van der Waals surface area contributed by atoms with Gasteiger partial charge in [-0.15, -0.1) is 16.5 Å². The fraction of sp³-hybridized carbons (Fsp3) is 0.0952. The first-order valence-corrected chi connectivity index (χ1v) is 10.8. The van der Waals surface area contributed by atoms with Crippen LogP contribution in [-0.2, 0) is 10.0 Å². The molecule has 0 amide bonds. The van der Waals surface area contributed by atoms with E-state index in [1.165, 1.54) is 42.7 Å². The highest BCUT2D eigenvalue weighted by Gasteiger charge is 2.20. The number of carbonyl (C=O) groups is 1. The summed E-state index contributed by atoms with van der Waals surface area (Å²) in [6, 6.07) is 12.6. The molecule has 0 saturated heterocycles. The molecular formula is C21H18NO5S2. The Kier molecular flexibility index (Phi) is 5.88. The van der Waals surface area contributed by atoms with E-state index in [-0.39, 0.29) is 21.8 Å². The quantitative estimate of drug-likeness (QED) is 0.413. The Morgan fingerprint density at radius 3 is 2.21 bits per heavy atom. The number of hydrogen-bond donors (Lipinski definition) is 0. The second kappa shape index (κ2) is 8.20. The molecule has 1 radical (unpaired) electrons. The summed E-state index contributed by atoms with van der Waals surface area (Å²) in [5.41, 5.74) is 1.78. The number of Topliss-reactive ketones (excluding diaryl/α,β-unsaturated/α-hetero) is 1. The third-order valence-corrected chi connectivity index (χ3v) is 6.13. The maximum Gasteiger partial charge on any atom is 0.254 e. The Hall–Kier alpha value is -2.94. The topological polar surface area (TPSA) is 93.5 Å². The van der Waals surface area contributed by atoms with Crippen molar-refractivity contribution in [3.63, 3.8) is 0 Å². The average Bonchev–Trinajstić information content (AvgIpc) is 3.25. The van der Waals surface area contributed by atoms with Gasteiger partial charge in [0.25, 0.3) is 10.0 Å². The predicted octanol–water partition coefficient (Wildman–Crippen LogP) is 4.30. The second-order valence-electron chi connectivity index (χ2n) is 6.07. The Morgan fingerprint density at radius 1 is 1.03 bits per heavy atom. The lowest BCUT2D eigenvalue weighted by molar-refractivity contribution is 0.105. The van der Waals surface area contributed by atoms with Gasteiger partial charge < -0.3 is 9.47 Å². The van der Waals surface area contributed by atoms with Crippen LogP contribution in [0, 0.1) is 0 Å². The van der Waals surface area contributed by atoms with Gasteiger partial charge in [-0.2, -0.15) is 0 Å². The van der Waals surface area contributed by atoms with Gasteiger partial charge in [-0.1, -0.05) is 12.6 Å². The van der Waals surface area contributed by atoms with E-state index in [9.17, 15) is 13.2 Å². The van der Waals surface area contributed by atoms with E-state index in [1.54, 1.807) is 19.2 Å². The van der Waals surface area contributed by atoms with Crippen molar-refractivity contribution >= 4 is 32.7 Å². The van der Waals surface area contributed by atoms with Gasteiger partial charge in [0.15, 0.2) is 5.78 Å². The van der Waals surface area contributed by atoms with Gasteiger partial charge in [0.2, 0.25) is 0 Å². The van der Waals surface area contributed by atoms with Gasteiger partial charge in [0, 0.05) is 33.2 Å².